The molecule has 0 heterocycles. The van der Waals surface area contributed by atoms with E-state index in [0.717, 1.165) is 42.3 Å². The number of anilines is 1. The Balaban J connectivity index is 2.11. The van der Waals surface area contributed by atoms with Gasteiger partial charge in [-0.05, 0) is 37.3 Å². The third-order valence-electron chi connectivity index (χ3n) is 3.68. The third kappa shape index (κ3) is 4.04. The van der Waals surface area contributed by atoms with E-state index in [4.69, 9.17) is 0 Å². The molecule has 1 fully saturated rings. The van der Waals surface area contributed by atoms with Gasteiger partial charge in [0, 0.05) is 11.7 Å². The van der Waals surface area contributed by atoms with Gasteiger partial charge in [0.1, 0.15) is 0 Å². The number of aryl methyl sites for hydroxylation is 2. The molecule has 116 valence electrons. The highest BCUT2D eigenvalue weighted by molar-refractivity contribution is 7.88. The predicted molar refractivity (Wildman–Crippen MR) is 83.8 cm³/mol. The van der Waals surface area contributed by atoms with Crippen LogP contribution >= 0.6 is 0 Å². The van der Waals surface area contributed by atoms with Crippen LogP contribution in [0.1, 0.15) is 30.9 Å². The van der Waals surface area contributed by atoms with E-state index in [1.807, 2.05) is 32.0 Å². The Bertz CT molecular complexity index is 636. The van der Waals surface area contributed by atoms with E-state index >= 15 is 0 Å². The first-order chi connectivity index (χ1) is 9.82. The largest absolute Gasteiger partial charge is 0.324 e. The van der Waals surface area contributed by atoms with Gasteiger partial charge in [0.2, 0.25) is 15.9 Å². The van der Waals surface area contributed by atoms with Gasteiger partial charge in [-0.3, -0.25) is 4.79 Å². The summed E-state index contributed by atoms with van der Waals surface area (Å²) in [4.78, 5) is 12.2. The first-order valence-corrected chi connectivity index (χ1v) is 9.03. The first-order valence-electron chi connectivity index (χ1n) is 7.18. The zero-order valence-electron chi connectivity index (χ0n) is 12.7. The maximum atomic E-state index is 12.2. The van der Waals surface area contributed by atoms with E-state index in [1.165, 1.54) is 4.31 Å². The number of carbonyl (C=O) groups excluding carboxylic acids is 1. The molecule has 5 nitrogen and oxygen atoms in total. The van der Waals surface area contributed by atoms with E-state index in [2.05, 4.69) is 5.32 Å². The lowest BCUT2D eigenvalue weighted by molar-refractivity contribution is -0.116. The molecular formula is C15H22N2O3S. The van der Waals surface area contributed by atoms with Gasteiger partial charge in [-0.15, -0.1) is 0 Å². The Morgan fingerprint density at radius 2 is 2.05 bits per heavy atom. The second-order valence-electron chi connectivity index (χ2n) is 5.55. The van der Waals surface area contributed by atoms with Crippen molar-refractivity contribution >= 4 is 21.6 Å². The standard InChI is InChI=1S/C15H22N2O3S/c1-4-12-7-5-6-11(2)15(12)16-14(18)10-17(13-8-9-13)21(3,19)20/h5-7,13H,4,8-10H2,1-3H3,(H,16,18). The van der Waals surface area contributed by atoms with E-state index in [0.29, 0.717) is 0 Å². The van der Waals surface area contributed by atoms with Crippen LogP contribution < -0.4 is 5.32 Å². The molecule has 0 saturated heterocycles. The van der Waals surface area contributed by atoms with E-state index in [9.17, 15) is 13.2 Å². The van der Waals surface area contributed by atoms with Crippen LogP contribution in [0.15, 0.2) is 18.2 Å². The average molecular weight is 310 g/mol. The molecule has 1 aromatic rings. The molecule has 0 radical (unpaired) electrons. The van der Waals surface area contributed by atoms with Crippen molar-refractivity contribution in [2.45, 2.75) is 39.2 Å². The molecule has 2 rings (SSSR count). The van der Waals surface area contributed by atoms with Gasteiger partial charge >= 0.3 is 0 Å². The van der Waals surface area contributed by atoms with Crippen molar-refractivity contribution in [3.8, 4) is 0 Å². The summed E-state index contributed by atoms with van der Waals surface area (Å²) in [5, 5.41) is 2.87. The highest BCUT2D eigenvalue weighted by Gasteiger charge is 2.36. The van der Waals surface area contributed by atoms with Crippen molar-refractivity contribution in [1.82, 2.24) is 4.31 Å². The number of benzene rings is 1. The van der Waals surface area contributed by atoms with Crippen LogP contribution in [0.2, 0.25) is 0 Å². The summed E-state index contributed by atoms with van der Waals surface area (Å²) in [6.07, 6.45) is 3.65. The van der Waals surface area contributed by atoms with Gasteiger partial charge < -0.3 is 5.32 Å². The Labute approximate surface area is 126 Å². The molecule has 1 N–H and O–H groups in total. The van der Waals surface area contributed by atoms with Crippen LogP contribution in [-0.2, 0) is 21.2 Å². The minimum Gasteiger partial charge on any atom is -0.324 e. The third-order valence-corrected chi connectivity index (χ3v) is 4.96. The van der Waals surface area contributed by atoms with Gasteiger partial charge in [0.05, 0.1) is 12.8 Å². The molecular weight excluding hydrogens is 288 g/mol. The molecule has 21 heavy (non-hydrogen) atoms. The van der Waals surface area contributed by atoms with Gasteiger partial charge in [-0.25, -0.2) is 8.42 Å². The molecule has 1 saturated carbocycles. The Hall–Kier alpha value is -1.40. The van der Waals surface area contributed by atoms with Crippen molar-refractivity contribution in [3.05, 3.63) is 29.3 Å². The zero-order chi connectivity index (χ0) is 15.6. The summed E-state index contributed by atoms with van der Waals surface area (Å²) in [5.74, 6) is -0.281. The van der Waals surface area contributed by atoms with Gasteiger partial charge in [0.15, 0.2) is 0 Å². The molecule has 1 aliphatic rings. The minimum atomic E-state index is -3.34. The molecule has 0 aliphatic heterocycles. The molecule has 0 bridgehead atoms. The maximum absolute atomic E-state index is 12.2. The lowest BCUT2D eigenvalue weighted by Crippen LogP contribution is -2.39. The highest BCUT2D eigenvalue weighted by Crippen LogP contribution is 2.29. The van der Waals surface area contributed by atoms with Crippen LogP contribution in [-0.4, -0.2) is 37.5 Å². The van der Waals surface area contributed by atoms with Crippen molar-refractivity contribution in [1.29, 1.82) is 0 Å². The lowest BCUT2D eigenvalue weighted by atomic mass is 10.1. The normalized spacial score (nSPS) is 15.2. The number of rotatable bonds is 6. The lowest BCUT2D eigenvalue weighted by Gasteiger charge is -2.20. The quantitative estimate of drug-likeness (QED) is 0.873. The van der Waals surface area contributed by atoms with Crippen LogP contribution in [0.25, 0.3) is 0 Å². The van der Waals surface area contributed by atoms with E-state index in [-0.39, 0.29) is 18.5 Å². The van der Waals surface area contributed by atoms with Crippen LogP contribution in [0.4, 0.5) is 5.69 Å². The number of sulfonamides is 1. The van der Waals surface area contributed by atoms with Crippen LogP contribution in [0, 0.1) is 6.92 Å². The second-order valence-corrected chi connectivity index (χ2v) is 7.49. The number of amides is 1. The molecule has 1 aliphatic carbocycles. The average Bonchev–Trinajstić information content (AvgIpc) is 3.21. The fraction of sp³-hybridized carbons (Fsp3) is 0.533. The first kappa shape index (κ1) is 16.0. The summed E-state index contributed by atoms with van der Waals surface area (Å²) in [7, 11) is -3.34. The number of hydrogen-bond donors (Lipinski definition) is 1. The minimum absolute atomic E-state index is 0.00624. The highest BCUT2D eigenvalue weighted by atomic mass is 32.2. The van der Waals surface area contributed by atoms with E-state index < -0.39 is 10.0 Å². The maximum Gasteiger partial charge on any atom is 0.239 e. The Kier molecular flexibility index (Phi) is 4.68. The fourth-order valence-corrected chi connectivity index (χ4v) is 3.51. The molecule has 6 heteroatoms. The Morgan fingerprint density at radius 3 is 2.57 bits per heavy atom. The fourth-order valence-electron chi connectivity index (χ4n) is 2.40. The SMILES string of the molecule is CCc1cccc(C)c1NC(=O)CN(C1CC1)S(C)(=O)=O. The smallest absolute Gasteiger partial charge is 0.239 e. The number of nitrogens with one attached hydrogen (secondary N) is 1. The van der Waals surface area contributed by atoms with Crippen molar-refractivity contribution in [2.75, 3.05) is 18.1 Å². The Morgan fingerprint density at radius 1 is 1.38 bits per heavy atom. The molecule has 0 spiro atoms. The van der Waals surface area contributed by atoms with Gasteiger partial charge in [-0.2, -0.15) is 4.31 Å². The van der Waals surface area contributed by atoms with Gasteiger partial charge in [-0.1, -0.05) is 25.1 Å². The topological polar surface area (TPSA) is 66.5 Å². The van der Waals surface area contributed by atoms with Crippen LogP contribution in [0.3, 0.4) is 0 Å². The number of carbonyl (C=O) groups is 1. The number of para-hydroxylation sites is 1. The van der Waals surface area contributed by atoms with Gasteiger partial charge in [0.25, 0.3) is 0 Å². The van der Waals surface area contributed by atoms with Crippen molar-refractivity contribution in [3.63, 3.8) is 0 Å². The summed E-state index contributed by atoms with van der Waals surface area (Å²) in [5.41, 5.74) is 2.84. The summed E-state index contributed by atoms with van der Waals surface area (Å²) in [6.45, 7) is 3.85. The van der Waals surface area contributed by atoms with Crippen molar-refractivity contribution < 1.29 is 13.2 Å². The molecule has 0 aromatic heterocycles. The summed E-state index contributed by atoms with van der Waals surface area (Å²) in [6, 6.07) is 5.85. The second kappa shape index (κ2) is 6.15. The molecule has 0 unspecified atom stereocenters. The molecule has 1 amide bonds. The summed E-state index contributed by atoms with van der Waals surface area (Å²) >= 11 is 0. The van der Waals surface area contributed by atoms with E-state index in [1.54, 1.807) is 0 Å². The monoisotopic (exact) mass is 310 g/mol. The summed E-state index contributed by atoms with van der Waals surface area (Å²) < 4.78 is 24.8. The van der Waals surface area contributed by atoms with Crippen LogP contribution in [0.5, 0.6) is 0 Å². The van der Waals surface area contributed by atoms with Crippen molar-refractivity contribution in [2.24, 2.45) is 0 Å². The zero-order valence-corrected chi connectivity index (χ0v) is 13.5. The molecule has 1 aromatic carbocycles. The predicted octanol–water partition coefficient (Wildman–Crippen LogP) is 1.92. The number of nitrogens with zero attached hydrogens (tertiary/aromatic N) is 1. The number of hydrogen-bond acceptors (Lipinski definition) is 3. The molecule has 0 atom stereocenters.